The number of carbonyl (C=O) groups excluding carboxylic acids is 2. The van der Waals surface area contributed by atoms with Crippen LogP contribution in [0.1, 0.15) is 19.3 Å². The van der Waals surface area contributed by atoms with Crippen LogP contribution in [-0.2, 0) is 9.59 Å². The van der Waals surface area contributed by atoms with E-state index in [4.69, 9.17) is 16.3 Å². The fourth-order valence-electron chi connectivity index (χ4n) is 2.67. The summed E-state index contributed by atoms with van der Waals surface area (Å²) in [5, 5.41) is 3.47. The quantitative estimate of drug-likeness (QED) is 0.869. The molecule has 1 saturated carbocycles. The van der Waals surface area contributed by atoms with Gasteiger partial charge in [-0.1, -0.05) is 11.6 Å². The fourth-order valence-corrected chi connectivity index (χ4v) is 2.80. The lowest BCUT2D eigenvalue weighted by molar-refractivity contribution is -0.128. The minimum atomic E-state index is -0.174. The second-order valence-electron chi connectivity index (χ2n) is 5.89. The zero-order chi connectivity index (χ0) is 15.5. The van der Waals surface area contributed by atoms with Gasteiger partial charge in [-0.25, -0.2) is 0 Å². The molecule has 1 aliphatic carbocycles. The van der Waals surface area contributed by atoms with Gasteiger partial charge in [0.15, 0.2) is 6.61 Å². The maximum Gasteiger partial charge on any atom is 0.257 e. The summed E-state index contributed by atoms with van der Waals surface area (Å²) in [7, 11) is 0. The summed E-state index contributed by atoms with van der Waals surface area (Å²) in [6.45, 7) is 1.26. The van der Waals surface area contributed by atoms with Crippen molar-refractivity contribution in [2.45, 2.75) is 25.3 Å². The number of halogens is 1. The van der Waals surface area contributed by atoms with Crippen molar-refractivity contribution >= 4 is 23.4 Å². The van der Waals surface area contributed by atoms with Crippen molar-refractivity contribution in [1.82, 2.24) is 10.2 Å². The number of carbonyl (C=O) groups is 2. The van der Waals surface area contributed by atoms with E-state index in [2.05, 4.69) is 5.32 Å². The van der Waals surface area contributed by atoms with Crippen LogP contribution >= 0.6 is 11.6 Å². The molecule has 3 rings (SSSR count). The standard InChI is InChI=1S/C16H19ClN2O3/c17-12-1-5-14(6-2-12)22-10-15(20)18-8-11-7-16(21)19(9-11)13-3-4-13/h1-2,5-6,11,13H,3-4,7-10H2,(H,18,20). The lowest BCUT2D eigenvalue weighted by Crippen LogP contribution is -2.34. The van der Waals surface area contributed by atoms with Crippen LogP contribution in [0.5, 0.6) is 5.75 Å². The summed E-state index contributed by atoms with van der Waals surface area (Å²) >= 11 is 5.78. The van der Waals surface area contributed by atoms with Crippen molar-refractivity contribution in [3.05, 3.63) is 29.3 Å². The number of likely N-dealkylation sites (tertiary alicyclic amines) is 1. The van der Waals surface area contributed by atoms with E-state index in [1.165, 1.54) is 0 Å². The third-order valence-electron chi connectivity index (χ3n) is 4.00. The van der Waals surface area contributed by atoms with Crippen LogP contribution in [0.3, 0.4) is 0 Å². The number of amides is 2. The molecule has 6 heteroatoms. The predicted molar refractivity (Wildman–Crippen MR) is 82.8 cm³/mol. The smallest absolute Gasteiger partial charge is 0.257 e. The third-order valence-corrected chi connectivity index (χ3v) is 4.25. The Hall–Kier alpha value is -1.75. The van der Waals surface area contributed by atoms with E-state index in [1.807, 2.05) is 4.90 Å². The Labute approximate surface area is 134 Å². The summed E-state index contributed by atoms with van der Waals surface area (Å²) in [4.78, 5) is 25.6. The molecule has 1 N–H and O–H groups in total. The molecule has 0 radical (unpaired) electrons. The minimum absolute atomic E-state index is 0.0331. The highest BCUT2D eigenvalue weighted by Crippen LogP contribution is 2.32. The highest BCUT2D eigenvalue weighted by molar-refractivity contribution is 6.30. The van der Waals surface area contributed by atoms with Gasteiger partial charge in [0.25, 0.3) is 5.91 Å². The molecule has 1 atom stereocenters. The molecule has 2 fully saturated rings. The average Bonchev–Trinajstić information content (AvgIpc) is 3.28. The minimum Gasteiger partial charge on any atom is -0.484 e. The molecule has 0 aromatic heterocycles. The monoisotopic (exact) mass is 322 g/mol. The van der Waals surface area contributed by atoms with Crippen LogP contribution in [0.4, 0.5) is 0 Å². The number of rotatable bonds is 6. The summed E-state index contributed by atoms with van der Waals surface area (Å²) in [5.74, 6) is 0.870. The first-order valence-corrected chi connectivity index (χ1v) is 7.94. The Morgan fingerprint density at radius 3 is 2.73 bits per heavy atom. The van der Waals surface area contributed by atoms with Gasteiger partial charge < -0.3 is 15.0 Å². The molecule has 1 aromatic rings. The van der Waals surface area contributed by atoms with Gasteiger partial charge in [-0.15, -0.1) is 0 Å². The van der Waals surface area contributed by atoms with Gasteiger partial charge in [0, 0.05) is 36.5 Å². The average molecular weight is 323 g/mol. The van der Waals surface area contributed by atoms with E-state index in [1.54, 1.807) is 24.3 Å². The molecule has 118 valence electrons. The normalized spacial score (nSPS) is 21.0. The van der Waals surface area contributed by atoms with E-state index < -0.39 is 0 Å². The van der Waals surface area contributed by atoms with E-state index >= 15 is 0 Å². The van der Waals surface area contributed by atoms with Gasteiger partial charge >= 0.3 is 0 Å². The van der Waals surface area contributed by atoms with Gasteiger partial charge in [0.05, 0.1) is 0 Å². The van der Waals surface area contributed by atoms with Crippen LogP contribution in [-0.4, -0.2) is 42.5 Å². The van der Waals surface area contributed by atoms with Crippen molar-refractivity contribution in [3.8, 4) is 5.75 Å². The molecule has 5 nitrogen and oxygen atoms in total. The second kappa shape index (κ2) is 6.57. The Morgan fingerprint density at radius 1 is 1.32 bits per heavy atom. The molecule has 1 heterocycles. The number of nitrogens with zero attached hydrogens (tertiary/aromatic N) is 1. The number of benzene rings is 1. The number of nitrogens with one attached hydrogen (secondary N) is 1. The summed E-state index contributed by atoms with van der Waals surface area (Å²) in [6.07, 6.45) is 2.79. The van der Waals surface area contributed by atoms with Crippen LogP contribution < -0.4 is 10.1 Å². The van der Waals surface area contributed by atoms with Crippen molar-refractivity contribution < 1.29 is 14.3 Å². The summed E-state index contributed by atoms with van der Waals surface area (Å²) in [6, 6.07) is 7.33. The first kappa shape index (κ1) is 15.2. The van der Waals surface area contributed by atoms with E-state index in [-0.39, 0.29) is 24.3 Å². The van der Waals surface area contributed by atoms with E-state index in [0.29, 0.717) is 29.8 Å². The number of hydrogen-bond donors (Lipinski definition) is 1. The Kier molecular flexibility index (Phi) is 4.52. The van der Waals surface area contributed by atoms with Crippen molar-refractivity contribution in [2.24, 2.45) is 5.92 Å². The molecular weight excluding hydrogens is 304 g/mol. The molecule has 2 aliphatic rings. The van der Waals surface area contributed by atoms with Gasteiger partial charge in [0.2, 0.25) is 5.91 Å². The fraction of sp³-hybridized carbons (Fsp3) is 0.500. The number of ether oxygens (including phenoxy) is 1. The van der Waals surface area contributed by atoms with Gasteiger partial charge in [-0.05, 0) is 37.1 Å². The molecule has 1 saturated heterocycles. The SMILES string of the molecule is O=C(COc1ccc(Cl)cc1)NCC1CC(=O)N(C2CC2)C1. The first-order valence-electron chi connectivity index (χ1n) is 7.56. The molecule has 2 amide bonds. The first-order chi connectivity index (χ1) is 10.6. The molecule has 1 unspecified atom stereocenters. The number of hydrogen-bond acceptors (Lipinski definition) is 3. The van der Waals surface area contributed by atoms with Crippen molar-refractivity contribution in [3.63, 3.8) is 0 Å². The zero-order valence-electron chi connectivity index (χ0n) is 12.3. The van der Waals surface area contributed by atoms with E-state index in [9.17, 15) is 9.59 Å². The lowest BCUT2D eigenvalue weighted by Gasteiger charge is -2.15. The highest BCUT2D eigenvalue weighted by Gasteiger charge is 2.39. The highest BCUT2D eigenvalue weighted by atomic mass is 35.5. The van der Waals surface area contributed by atoms with Crippen molar-refractivity contribution in [1.29, 1.82) is 0 Å². The van der Waals surface area contributed by atoms with Gasteiger partial charge in [-0.3, -0.25) is 9.59 Å². The molecule has 1 aromatic carbocycles. The van der Waals surface area contributed by atoms with E-state index in [0.717, 1.165) is 19.4 Å². The summed E-state index contributed by atoms with van der Waals surface area (Å²) in [5.41, 5.74) is 0. The van der Waals surface area contributed by atoms with Crippen LogP contribution in [0.15, 0.2) is 24.3 Å². The molecular formula is C16H19ClN2O3. The van der Waals surface area contributed by atoms with Gasteiger partial charge in [0.1, 0.15) is 5.75 Å². The Morgan fingerprint density at radius 2 is 2.05 bits per heavy atom. The second-order valence-corrected chi connectivity index (χ2v) is 6.33. The third kappa shape index (κ3) is 3.91. The van der Waals surface area contributed by atoms with Crippen molar-refractivity contribution in [2.75, 3.05) is 19.7 Å². The maximum atomic E-state index is 11.8. The topological polar surface area (TPSA) is 58.6 Å². The summed E-state index contributed by atoms with van der Waals surface area (Å²) < 4.78 is 5.38. The zero-order valence-corrected chi connectivity index (χ0v) is 13.0. The molecule has 0 bridgehead atoms. The predicted octanol–water partition coefficient (Wildman–Crippen LogP) is 1.85. The van der Waals surface area contributed by atoms with Gasteiger partial charge in [-0.2, -0.15) is 0 Å². The lowest BCUT2D eigenvalue weighted by atomic mass is 10.1. The largest absolute Gasteiger partial charge is 0.484 e. The molecule has 22 heavy (non-hydrogen) atoms. The maximum absolute atomic E-state index is 11.8. The Balaban J connectivity index is 1.37. The van der Waals surface area contributed by atoms with Crippen LogP contribution in [0.2, 0.25) is 5.02 Å². The van der Waals surface area contributed by atoms with Crippen LogP contribution in [0.25, 0.3) is 0 Å². The molecule has 1 aliphatic heterocycles. The van der Waals surface area contributed by atoms with Crippen LogP contribution in [0, 0.1) is 5.92 Å². The Bertz CT molecular complexity index is 557. The molecule has 0 spiro atoms.